The molecule has 0 saturated carbocycles. The van der Waals surface area contributed by atoms with Crippen LogP contribution in [0, 0.1) is 0 Å². The third kappa shape index (κ3) is 5.44. The molecule has 2 heterocycles. The van der Waals surface area contributed by atoms with Gasteiger partial charge in [-0.15, -0.1) is 0 Å². The topological polar surface area (TPSA) is 126 Å². The maximum absolute atomic E-state index is 13.4. The SMILES string of the molecule is Nc1nc(-c2cc(Nc3ccc(Cl)cc3CF)ccc2O)ccc1CNC(=O)Cc1ccno1. The van der Waals surface area contributed by atoms with Crippen LogP contribution in [-0.2, 0) is 24.4 Å². The van der Waals surface area contributed by atoms with Gasteiger partial charge in [0.05, 0.1) is 18.3 Å². The van der Waals surface area contributed by atoms with Crippen molar-refractivity contribution in [1.82, 2.24) is 15.5 Å². The summed E-state index contributed by atoms with van der Waals surface area (Å²) in [4.78, 5) is 16.4. The van der Waals surface area contributed by atoms with Crippen molar-refractivity contribution in [2.45, 2.75) is 19.6 Å². The van der Waals surface area contributed by atoms with E-state index in [1.54, 1.807) is 48.5 Å². The Hall–Kier alpha value is -4.11. The zero-order valence-electron chi connectivity index (χ0n) is 17.9. The molecule has 4 rings (SSSR count). The molecular weight excluding hydrogens is 461 g/mol. The Morgan fingerprint density at radius 3 is 2.71 bits per heavy atom. The summed E-state index contributed by atoms with van der Waals surface area (Å²) in [6, 6.07) is 14.8. The Labute approximate surface area is 199 Å². The second-order valence-corrected chi connectivity index (χ2v) is 7.90. The number of alkyl halides is 1. The number of nitrogens with two attached hydrogens (primary N) is 1. The standard InChI is InChI=1S/C24H21ClFN5O3/c25-16-2-5-20(15(9-16)12-26)30-17-3-6-22(32)19(10-17)21-4-1-14(24(27)31-21)13-28-23(33)11-18-7-8-29-34-18/h1-10,30,32H,11-13H2,(H2,27,31)(H,28,33). The molecule has 0 spiro atoms. The minimum Gasteiger partial charge on any atom is -0.507 e. The van der Waals surface area contributed by atoms with E-state index in [1.165, 1.54) is 12.3 Å². The van der Waals surface area contributed by atoms with Gasteiger partial charge in [-0.1, -0.05) is 22.8 Å². The quantitative estimate of drug-likeness (QED) is 0.267. The van der Waals surface area contributed by atoms with Crippen LogP contribution < -0.4 is 16.4 Å². The monoisotopic (exact) mass is 481 g/mol. The zero-order valence-corrected chi connectivity index (χ0v) is 18.6. The summed E-state index contributed by atoms with van der Waals surface area (Å²) in [5, 5.41) is 20.3. The number of aromatic hydroxyl groups is 1. The zero-order chi connectivity index (χ0) is 24.1. The van der Waals surface area contributed by atoms with Gasteiger partial charge in [-0.05, 0) is 42.5 Å². The number of rotatable bonds is 8. The number of amides is 1. The molecule has 0 aliphatic rings. The number of nitrogens with zero attached hydrogens (tertiary/aromatic N) is 2. The fraction of sp³-hybridized carbons (Fsp3) is 0.125. The van der Waals surface area contributed by atoms with Gasteiger partial charge in [0.15, 0.2) is 0 Å². The van der Waals surface area contributed by atoms with Gasteiger partial charge in [0.1, 0.15) is 24.0 Å². The van der Waals surface area contributed by atoms with Crippen molar-refractivity contribution >= 4 is 34.7 Å². The Morgan fingerprint density at radius 2 is 1.97 bits per heavy atom. The smallest absolute Gasteiger partial charge is 0.228 e. The van der Waals surface area contributed by atoms with Gasteiger partial charge in [0.25, 0.3) is 0 Å². The minimum absolute atomic E-state index is 0.00683. The molecular formula is C24H21ClFN5O3. The predicted octanol–water partition coefficient (Wildman–Crippen LogP) is 4.75. The van der Waals surface area contributed by atoms with Crippen molar-refractivity contribution in [3.05, 3.63) is 82.7 Å². The number of phenols is 1. The molecule has 8 nitrogen and oxygen atoms in total. The number of hydrogen-bond donors (Lipinski definition) is 4. The van der Waals surface area contributed by atoms with E-state index in [9.17, 15) is 14.3 Å². The van der Waals surface area contributed by atoms with E-state index >= 15 is 0 Å². The molecule has 0 radical (unpaired) electrons. The van der Waals surface area contributed by atoms with Gasteiger partial charge < -0.3 is 26.0 Å². The molecule has 0 bridgehead atoms. The molecule has 174 valence electrons. The second-order valence-electron chi connectivity index (χ2n) is 7.47. The van der Waals surface area contributed by atoms with Crippen LogP contribution in [0.1, 0.15) is 16.9 Å². The summed E-state index contributed by atoms with van der Waals surface area (Å²) in [6.45, 7) is -0.495. The Bertz CT molecular complexity index is 1310. The van der Waals surface area contributed by atoms with Gasteiger partial charge in [-0.2, -0.15) is 0 Å². The molecule has 1 amide bonds. The Morgan fingerprint density at radius 1 is 1.12 bits per heavy atom. The summed E-state index contributed by atoms with van der Waals surface area (Å²) >= 11 is 5.95. The number of nitrogen functional groups attached to an aromatic ring is 1. The van der Waals surface area contributed by atoms with E-state index in [-0.39, 0.29) is 30.4 Å². The Balaban J connectivity index is 1.49. The van der Waals surface area contributed by atoms with Crippen LogP contribution in [0.2, 0.25) is 5.02 Å². The number of phenolic OH excluding ortho intramolecular Hbond substituents is 1. The highest BCUT2D eigenvalue weighted by Crippen LogP contribution is 2.33. The molecule has 0 aliphatic carbocycles. The number of carbonyl (C=O) groups is 1. The molecule has 5 N–H and O–H groups in total. The Kier molecular flexibility index (Phi) is 6.93. The number of pyridine rings is 1. The number of carbonyl (C=O) groups excluding carboxylic acids is 1. The fourth-order valence-corrected chi connectivity index (χ4v) is 3.52. The first kappa shape index (κ1) is 23.1. The molecule has 2 aromatic carbocycles. The summed E-state index contributed by atoms with van der Waals surface area (Å²) in [7, 11) is 0. The predicted molar refractivity (Wildman–Crippen MR) is 127 cm³/mol. The molecule has 0 saturated heterocycles. The van der Waals surface area contributed by atoms with Crippen molar-refractivity contribution in [3.8, 4) is 17.0 Å². The molecule has 4 aromatic rings. The number of hydrogen-bond acceptors (Lipinski definition) is 7. The van der Waals surface area contributed by atoms with Crippen LogP contribution in [0.3, 0.4) is 0 Å². The van der Waals surface area contributed by atoms with E-state index in [4.69, 9.17) is 21.9 Å². The number of anilines is 3. The number of aromatic nitrogens is 2. The van der Waals surface area contributed by atoms with Crippen molar-refractivity contribution in [2.24, 2.45) is 0 Å². The first-order chi connectivity index (χ1) is 16.4. The third-order valence-corrected chi connectivity index (χ3v) is 5.31. The lowest BCUT2D eigenvalue weighted by molar-refractivity contribution is -0.120. The highest BCUT2D eigenvalue weighted by Gasteiger charge is 2.13. The third-order valence-electron chi connectivity index (χ3n) is 5.08. The van der Waals surface area contributed by atoms with Gasteiger partial charge in [0.2, 0.25) is 5.91 Å². The van der Waals surface area contributed by atoms with E-state index in [2.05, 4.69) is 20.8 Å². The van der Waals surface area contributed by atoms with Crippen LogP contribution in [0.5, 0.6) is 5.75 Å². The molecule has 0 fully saturated rings. The lowest BCUT2D eigenvalue weighted by atomic mass is 10.1. The van der Waals surface area contributed by atoms with E-state index in [1.807, 2.05) is 0 Å². The van der Waals surface area contributed by atoms with Gasteiger partial charge in [0, 0.05) is 45.7 Å². The number of halogens is 2. The first-order valence-electron chi connectivity index (χ1n) is 10.3. The summed E-state index contributed by atoms with van der Waals surface area (Å²) < 4.78 is 18.3. The van der Waals surface area contributed by atoms with E-state index in [0.29, 0.717) is 44.5 Å². The van der Waals surface area contributed by atoms with Crippen LogP contribution in [0.15, 0.2) is 65.3 Å². The van der Waals surface area contributed by atoms with Crippen molar-refractivity contribution in [1.29, 1.82) is 0 Å². The highest BCUT2D eigenvalue weighted by molar-refractivity contribution is 6.30. The molecule has 0 unspecified atom stereocenters. The molecule has 10 heteroatoms. The number of benzene rings is 2. The van der Waals surface area contributed by atoms with E-state index in [0.717, 1.165) is 0 Å². The summed E-state index contributed by atoms with van der Waals surface area (Å²) in [5.41, 5.74) is 9.20. The van der Waals surface area contributed by atoms with Crippen LogP contribution in [-0.4, -0.2) is 21.2 Å². The van der Waals surface area contributed by atoms with Gasteiger partial charge in [-0.3, -0.25) is 4.79 Å². The lowest BCUT2D eigenvalue weighted by Gasteiger charge is -2.14. The molecule has 0 atom stereocenters. The average molecular weight is 482 g/mol. The second kappa shape index (κ2) is 10.2. The minimum atomic E-state index is -0.678. The first-order valence-corrected chi connectivity index (χ1v) is 10.7. The maximum Gasteiger partial charge on any atom is 0.228 e. The maximum atomic E-state index is 13.4. The largest absolute Gasteiger partial charge is 0.507 e. The molecule has 2 aromatic heterocycles. The fourth-order valence-electron chi connectivity index (χ4n) is 3.32. The van der Waals surface area contributed by atoms with Crippen LogP contribution >= 0.6 is 11.6 Å². The normalized spacial score (nSPS) is 10.8. The number of nitrogens with one attached hydrogen (secondary N) is 2. The summed E-state index contributed by atoms with van der Waals surface area (Å²) in [5.74, 6) is 0.437. The molecule has 0 aliphatic heterocycles. The summed E-state index contributed by atoms with van der Waals surface area (Å²) in [6.07, 6.45) is 1.54. The van der Waals surface area contributed by atoms with Crippen LogP contribution in [0.25, 0.3) is 11.3 Å². The lowest BCUT2D eigenvalue weighted by Crippen LogP contribution is -2.25. The van der Waals surface area contributed by atoms with E-state index < -0.39 is 6.67 Å². The highest BCUT2D eigenvalue weighted by atomic mass is 35.5. The van der Waals surface area contributed by atoms with Crippen molar-refractivity contribution in [3.63, 3.8) is 0 Å². The average Bonchev–Trinajstić information content (AvgIpc) is 3.33. The van der Waals surface area contributed by atoms with Gasteiger partial charge >= 0.3 is 0 Å². The van der Waals surface area contributed by atoms with Gasteiger partial charge in [-0.25, -0.2) is 9.37 Å². The van der Waals surface area contributed by atoms with Crippen molar-refractivity contribution < 1.29 is 18.8 Å². The van der Waals surface area contributed by atoms with Crippen molar-refractivity contribution in [2.75, 3.05) is 11.1 Å². The van der Waals surface area contributed by atoms with Crippen LogP contribution in [0.4, 0.5) is 21.6 Å². The molecule has 34 heavy (non-hydrogen) atoms.